The molecule has 0 bridgehead atoms. The molecule has 1 fully saturated rings. The normalized spacial score (nSPS) is 19.1. The van der Waals surface area contributed by atoms with Gasteiger partial charge >= 0.3 is 0 Å². The van der Waals surface area contributed by atoms with E-state index in [1.807, 2.05) is 24.3 Å². The zero-order valence-electron chi connectivity index (χ0n) is 17.8. The summed E-state index contributed by atoms with van der Waals surface area (Å²) in [6, 6.07) is 5.20. The predicted octanol–water partition coefficient (Wildman–Crippen LogP) is 3.26. The van der Waals surface area contributed by atoms with Crippen molar-refractivity contribution in [3.05, 3.63) is 42.0 Å². The van der Waals surface area contributed by atoms with E-state index in [4.69, 9.17) is 0 Å². The van der Waals surface area contributed by atoms with Crippen LogP contribution in [0, 0.1) is 0 Å². The number of piperidine rings is 1. The SMILES string of the molecule is C=CCC(CC)(CC)NCCSc1cccc2c1CN(C1CCC(=O)NC1=O)C2=O. The third-order valence-corrected chi connectivity index (χ3v) is 7.39. The molecule has 2 aliphatic heterocycles. The van der Waals surface area contributed by atoms with Gasteiger partial charge in [-0.1, -0.05) is 26.0 Å². The number of nitrogens with one attached hydrogen (secondary N) is 2. The van der Waals surface area contributed by atoms with Crippen LogP contribution in [0.4, 0.5) is 0 Å². The van der Waals surface area contributed by atoms with Crippen LogP contribution in [0.25, 0.3) is 0 Å². The van der Waals surface area contributed by atoms with Crippen molar-refractivity contribution in [3.63, 3.8) is 0 Å². The van der Waals surface area contributed by atoms with E-state index in [0.717, 1.165) is 42.0 Å². The second kappa shape index (κ2) is 9.79. The van der Waals surface area contributed by atoms with E-state index in [2.05, 4.69) is 31.1 Å². The number of thioether (sulfide) groups is 1. The molecule has 7 heteroatoms. The molecule has 3 amide bonds. The van der Waals surface area contributed by atoms with Gasteiger partial charge in [0, 0.05) is 41.3 Å². The van der Waals surface area contributed by atoms with Gasteiger partial charge in [0.05, 0.1) is 0 Å². The standard InChI is InChI=1S/C23H31N3O3S/c1-4-12-23(5-2,6-3)24-13-14-30-19-9-7-8-16-17(19)15-26(22(16)29)18-10-11-20(27)25-21(18)28/h4,7-9,18,24H,1,5-6,10-15H2,2-3H3,(H,25,27,28). The zero-order valence-corrected chi connectivity index (χ0v) is 18.6. The maximum absolute atomic E-state index is 12.9. The molecule has 0 aliphatic carbocycles. The number of rotatable bonds is 10. The van der Waals surface area contributed by atoms with Gasteiger partial charge in [-0.2, -0.15) is 0 Å². The van der Waals surface area contributed by atoms with Gasteiger partial charge in [-0.15, -0.1) is 18.3 Å². The number of hydrogen-bond acceptors (Lipinski definition) is 5. The second-order valence-electron chi connectivity index (χ2n) is 7.94. The Labute approximate surface area is 182 Å². The lowest BCUT2D eigenvalue weighted by molar-refractivity contribution is -0.136. The monoisotopic (exact) mass is 429 g/mol. The van der Waals surface area contributed by atoms with E-state index in [-0.39, 0.29) is 29.7 Å². The van der Waals surface area contributed by atoms with Crippen LogP contribution in [0.1, 0.15) is 61.9 Å². The van der Waals surface area contributed by atoms with Gasteiger partial charge in [0.1, 0.15) is 6.04 Å². The fourth-order valence-corrected chi connectivity index (χ4v) is 5.25. The average Bonchev–Trinajstić information content (AvgIpc) is 3.07. The quantitative estimate of drug-likeness (QED) is 0.258. The highest BCUT2D eigenvalue weighted by atomic mass is 32.2. The van der Waals surface area contributed by atoms with E-state index < -0.39 is 6.04 Å². The Hall–Kier alpha value is -2.12. The molecule has 2 heterocycles. The van der Waals surface area contributed by atoms with Gasteiger partial charge in [0.15, 0.2) is 0 Å². The molecule has 1 atom stereocenters. The highest BCUT2D eigenvalue weighted by molar-refractivity contribution is 7.99. The van der Waals surface area contributed by atoms with Crippen molar-refractivity contribution in [2.45, 2.75) is 69.0 Å². The van der Waals surface area contributed by atoms with Crippen LogP contribution in [0.2, 0.25) is 0 Å². The van der Waals surface area contributed by atoms with Gasteiger partial charge < -0.3 is 10.2 Å². The molecule has 162 valence electrons. The van der Waals surface area contributed by atoms with Gasteiger partial charge in [0.25, 0.3) is 5.91 Å². The minimum Gasteiger partial charge on any atom is -0.322 e. The Morgan fingerprint density at radius 1 is 1.30 bits per heavy atom. The van der Waals surface area contributed by atoms with E-state index in [0.29, 0.717) is 18.5 Å². The minimum absolute atomic E-state index is 0.0967. The van der Waals surface area contributed by atoms with Gasteiger partial charge in [-0.05, 0) is 43.4 Å². The Balaban J connectivity index is 1.64. The zero-order chi connectivity index (χ0) is 21.7. The number of fused-ring (bicyclic) bond motifs is 1. The van der Waals surface area contributed by atoms with E-state index in [1.54, 1.807) is 16.7 Å². The summed E-state index contributed by atoms with van der Waals surface area (Å²) in [5.74, 6) is 0.128. The summed E-state index contributed by atoms with van der Waals surface area (Å²) in [4.78, 5) is 39.3. The van der Waals surface area contributed by atoms with Crippen LogP contribution in [-0.4, -0.2) is 46.5 Å². The van der Waals surface area contributed by atoms with Crippen LogP contribution < -0.4 is 10.6 Å². The van der Waals surface area contributed by atoms with Crippen LogP contribution in [-0.2, 0) is 16.1 Å². The largest absolute Gasteiger partial charge is 0.322 e. The smallest absolute Gasteiger partial charge is 0.255 e. The van der Waals surface area contributed by atoms with Crippen LogP contribution in [0.15, 0.2) is 35.7 Å². The van der Waals surface area contributed by atoms with E-state index in [9.17, 15) is 14.4 Å². The van der Waals surface area contributed by atoms with Gasteiger partial charge in [-0.3, -0.25) is 19.7 Å². The van der Waals surface area contributed by atoms with Gasteiger partial charge in [0.2, 0.25) is 11.8 Å². The molecule has 0 radical (unpaired) electrons. The highest BCUT2D eigenvalue weighted by Gasteiger charge is 2.39. The summed E-state index contributed by atoms with van der Waals surface area (Å²) >= 11 is 1.74. The topological polar surface area (TPSA) is 78.5 Å². The predicted molar refractivity (Wildman–Crippen MR) is 119 cm³/mol. The van der Waals surface area contributed by atoms with Crippen molar-refractivity contribution in [1.29, 1.82) is 0 Å². The van der Waals surface area contributed by atoms with Crippen molar-refractivity contribution >= 4 is 29.5 Å². The van der Waals surface area contributed by atoms with Crippen LogP contribution >= 0.6 is 11.8 Å². The number of benzene rings is 1. The molecule has 1 aromatic rings. The molecule has 2 aliphatic rings. The summed E-state index contributed by atoms with van der Waals surface area (Å²) in [6.07, 6.45) is 5.68. The fourth-order valence-electron chi connectivity index (χ4n) is 4.31. The molecule has 1 saturated heterocycles. The number of hydrogen-bond donors (Lipinski definition) is 2. The van der Waals surface area contributed by atoms with Gasteiger partial charge in [-0.25, -0.2) is 0 Å². The Bertz CT molecular complexity index is 835. The first-order valence-corrected chi connectivity index (χ1v) is 11.7. The van der Waals surface area contributed by atoms with Crippen molar-refractivity contribution in [1.82, 2.24) is 15.5 Å². The van der Waals surface area contributed by atoms with Crippen molar-refractivity contribution < 1.29 is 14.4 Å². The molecular formula is C23H31N3O3S. The molecule has 0 saturated carbocycles. The third-order valence-electron chi connectivity index (χ3n) is 6.29. The third kappa shape index (κ3) is 4.62. The van der Waals surface area contributed by atoms with Crippen molar-refractivity contribution in [2.24, 2.45) is 0 Å². The molecule has 0 aromatic heterocycles. The lowest BCUT2D eigenvalue weighted by Gasteiger charge is -2.32. The minimum atomic E-state index is -0.573. The Morgan fingerprint density at radius 2 is 2.07 bits per heavy atom. The molecule has 1 unspecified atom stereocenters. The van der Waals surface area contributed by atoms with E-state index >= 15 is 0 Å². The molecule has 1 aromatic carbocycles. The van der Waals surface area contributed by atoms with Crippen LogP contribution in [0.3, 0.4) is 0 Å². The lowest BCUT2D eigenvalue weighted by Crippen LogP contribution is -2.52. The number of carbonyl (C=O) groups excluding carboxylic acids is 3. The van der Waals surface area contributed by atoms with Crippen LogP contribution in [0.5, 0.6) is 0 Å². The second-order valence-corrected chi connectivity index (χ2v) is 9.07. The molecular weight excluding hydrogens is 398 g/mol. The number of amides is 3. The van der Waals surface area contributed by atoms with E-state index in [1.165, 1.54) is 0 Å². The highest BCUT2D eigenvalue weighted by Crippen LogP contribution is 2.34. The van der Waals surface area contributed by atoms with Crippen molar-refractivity contribution in [2.75, 3.05) is 12.3 Å². The first-order valence-electron chi connectivity index (χ1n) is 10.7. The lowest BCUT2D eigenvalue weighted by atomic mass is 9.89. The first-order chi connectivity index (χ1) is 14.4. The summed E-state index contributed by atoms with van der Waals surface area (Å²) in [5.41, 5.74) is 1.75. The summed E-state index contributed by atoms with van der Waals surface area (Å²) < 4.78 is 0. The fraction of sp³-hybridized carbons (Fsp3) is 0.522. The molecule has 30 heavy (non-hydrogen) atoms. The summed E-state index contributed by atoms with van der Waals surface area (Å²) in [6.45, 7) is 9.58. The van der Waals surface area contributed by atoms with Crippen molar-refractivity contribution in [3.8, 4) is 0 Å². The Kier molecular flexibility index (Phi) is 7.36. The Morgan fingerprint density at radius 3 is 2.73 bits per heavy atom. The molecule has 0 spiro atoms. The molecule has 3 rings (SSSR count). The maximum atomic E-state index is 12.9. The number of imide groups is 1. The summed E-state index contributed by atoms with van der Waals surface area (Å²) in [7, 11) is 0. The summed E-state index contributed by atoms with van der Waals surface area (Å²) in [5, 5.41) is 6.05. The first kappa shape index (κ1) is 22.6. The maximum Gasteiger partial charge on any atom is 0.255 e. The molecule has 6 nitrogen and oxygen atoms in total. The number of nitrogens with zero attached hydrogens (tertiary/aromatic N) is 1. The average molecular weight is 430 g/mol. The number of carbonyl (C=O) groups is 3. The molecule has 2 N–H and O–H groups in total.